The van der Waals surface area contributed by atoms with Crippen molar-refractivity contribution in [3.05, 3.63) is 77.4 Å². The molecule has 3 aromatic rings. The number of carbonyl (C=O) groups excluding carboxylic acids is 2. The average Bonchev–Trinajstić information content (AvgIpc) is 3.55. The topological polar surface area (TPSA) is 145 Å². The third kappa shape index (κ3) is 9.19. The van der Waals surface area contributed by atoms with Crippen molar-refractivity contribution in [1.82, 2.24) is 10.7 Å². The molecule has 3 aromatic carbocycles. The Bertz CT molecular complexity index is 1600. The van der Waals surface area contributed by atoms with Crippen LogP contribution in [0.2, 0.25) is 0 Å². The van der Waals surface area contributed by atoms with Crippen LogP contribution in [0, 0.1) is 13.8 Å². The minimum Gasteiger partial charge on any atom is -0.493 e. The number of hydrogen-bond donors (Lipinski definition) is 2. The Labute approximate surface area is 263 Å². The number of hydrazone groups is 1. The summed E-state index contributed by atoms with van der Waals surface area (Å²) in [5, 5.41) is 6.79. The van der Waals surface area contributed by atoms with Crippen LogP contribution in [0.15, 0.2) is 70.7 Å². The number of carbonyl (C=O) groups is 2. The molecule has 0 aromatic heterocycles. The summed E-state index contributed by atoms with van der Waals surface area (Å²) in [4.78, 5) is 25.0. The van der Waals surface area contributed by atoms with Crippen LogP contribution in [-0.2, 0) is 24.3 Å². The first-order valence-corrected chi connectivity index (χ1v) is 15.8. The standard InChI is InChI=1S/C32H38N4O8S/c1-22-14-23(2)16-25(15-22)36(45(39,40)28-11-12-29(41-3)30(17-28)42-4)20-31(37)35-34-18-24-7-9-26(10-8-24)44-21-32(38)33-19-27-6-5-13-43-27/h7-12,14-18,27H,5-6,13,19-21H2,1-4H3,(H,33,38)(H,35,37)/b34-18-/t27-/m1/s1. The van der Waals surface area contributed by atoms with Gasteiger partial charge in [0.25, 0.3) is 21.8 Å². The SMILES string of the molecule is COc1ccc(S(=O)(=O)N(CC(=O)N/N=C\c2ccc(OCC(=O)NC[C@H]3CCCO3)cc2)c2cc(C)cc(C)c2)cc1OC. The Balaban J connectivity index is 1.39. The van der Waals surface area contributed by atoms with E-state index in [4.69, 9.17) is 18.9 Å². The summed E-state index contributed by atoms with van der Waals surface area (Å²) < 4.78 is 50.3. The van der Waals surface area contributed by atoms with Crippen LogP contribution in [0.25, 0.3) is 0 Å². The number of sulfonamides is 1. The normalized spacial score (nSPS) is 14.6. The van der Waals surface area contributed by atoms with E-state index >= 15 is 0 Å². The van der Waals surface area contributed by atoms with E-state index in [1.54, 1.807) is 36.4 Å². The minimum atomic E-state index is -4.21. The second-order valence-corrected chi connectivity index (χ2v) is 12.3. The molecule has 1 aliphatic heterocycles. The monoisotopic (exact) mass is 638 g/mol. The van der Waals surface area contributed by atoms with E-state index in [2.05, 4.69) is 15.8 Å². The van der Waals surface area contributed by atoms with Gasteiger partial charge in [-0.25, -0.2) is 13.8 Å². The zero-order valence-corrected chi connectivity index (χ0v) is 26.6. The average molecular weight is 639 g/mol. The molecule has 0 saturated carbocycles. The van der Waals surface area contributed by atoms with Gasteiger partial charge < -0.3 is 24.3 Å². The van der Waals surface area contributed by atoms with E-state index in [0.29, 0.717) is 29.3 Å². The van der Waals surface area contributed by atoms with E-state index in [9.17, 15) is 18.0 Å². The lowest BCUT2D eigenvalue weighted by Gasteiger charge is -2.25. The van der Waals surface area contributed by atoms with E-state index in [1.807, 2.05) is 19.9 Å². The van der Waals surface area contributed by atoms with Gasteiger partial charge in [-0.2, -0.15) is 5.10 Å². The molecule has 1 saturated heterocycles. The first-order chi connectivity index (χ1) is 21.6. The highest BCUT2D eigenvalue weighted by Gasteiger charge is 2.29. The van der Waals surface area contributed by atoms with E-state index in [1.165, 1.54) is 38.6 Å². The van der Waals surface area contributed by atoms with Crippen molar-refractivity contribution in [3.63, 3.8) is 0 Å². The summed E-state index contributed by atoms with van der Waals surface area (Å²) in [6.07, 6.45) is 3.42. The molecular formula is C32H38N4O8S. The number of ether oxygens (including phenoxy) is 4. The third-order valence-corrected chi connectivity index (χ3v) is 8.70. The smallest absolute Gasteiger partial charge is 0.264 e. The second-order valence-electron chi connectivity index (χ2n) is 10.5. The van der Waals surface area contributed by atoms with Crippen molar-refractivity contribution < 1.29 is 37.0 Å². The fourth-order valence-corrected chi connectivity index (χ4v) is 6.16. The fourth-order valence-electron chi connectivity index (χ4n) is 4.74. The first kappa shape index (κ1) is 33.3. The maximum Gasteiger partial charge on any atom is 0.264 e. The number of hydrogen-bond acceptors (Lipinski definition) is 9. The van der Waals surface area contributed by atoms with Gasteiger partial charge in [-0.05, 0) is 91.9 Å². The molecule has 0 spiro atoms. The molecule has 0 bridgehead atoms. The molecule has 2 amide bonds. The van der Waals surface area contributed by atoms with E-state index < -0.39 is 22.5 Å². The van der Waals surface area contributed by atoms with Crippen LogP contribution in [0.1, 0.15) is 29.5 Å². The predicted molar refractivity (Wildman–Crippen MR) is 170 cm³/mol. The van der Waals surface area contributed by atoms with Crippen LogP contribution in [0.5, 0.6) is 17.2 Å². The van der Waals surface area contributed by atoms with E-state index in [-0.39, 0.29) is 29.3 Å². The van der Waals surface area contributed by atoms with Crippen molar-refractivity contribution in [1.29, 1.82) is 0 Å². The molecule has 13 heteroatoms. The van der Waals surface area contributed by atoms with Gasteiger partial charge in [-0.15, -0.1) is 0 Å². The van der Waals surface area contributed by atoms with E-state index in [0.717, 1.165) is 34.9 Å². The number of methoxy groups -OCH3 is 2. The van der Waals surface area contributed by atoms with Gasteiger partial charge in [-0.1, -0.05) is 6.07 Å². The summed E-state index contributed by atoms with van der Waals surface area (Å²) in [5.74, 6) is 0.219. The Morgan fingerprint density at radius 2 is 1.69 bits per heavy atom. The largest absolute Gasteiger partial charge is 0.493 e. The van der Waals surface area contributed by atoms with Crippen molar-refractivity contribution >= 4 is 33.7 Å². The molecule has 1 fully saturated rings. The van der Waals surface area contributed by atoms with Crippen molar-refractivity contribution in [2.45, 2.75) is 37.7 Å². The van der Waals surface area contributed by atoms with Crippen LogP contribution < -0.4 is 29.3 Å². The minimum absolute atomic E-state index is 0.0600. The Morgan fingerprint density at radius 1 is 0.978 bits per heavy atom. The zero-order valence-electron chi connectivity index (χ0n) is 25.7. The number of aryl methyl sites for hydroxylation is 2. The second kappa shape index (κ2) is 15.4. The zero-order chi connectivity index (χ0) is 32.4. The number of benzene rings is 3. The summed E-state index contributed by atoms with van der Waals surface area (Å²) in [6.45, 7) is 4.23. The lowest BCUT2D eigenvalue weighted by molar-refractivity contribution is -0.123. The van der Waals surface area contributed by atoms with Gasteiger partial charge in [0.1, 0.15) is 12.3 Å². The highest BCUT2D eigenvalue weighted by atomic mass is 32.2. The quantitative estimate of drug-likeness (QED) is 0.202. The number of nitrogens with one attached hydrogen (secondary N) is 2. The van der Waals surface area contributed by atoms with Gasteiger partial charge >= 0.3 is 0 Å². The molecule has 0 unspecified atom stereocenters. The van der Waals surface area contributed by atoms with Crippen molar-refractivity contribution in [2.24, 2.45) is 5.10 Å². The summed E-state index contributed by atoms with van der Waals surface area (Å²) >= 11 is 0. The Hall–Kier alpha value is -4.62. The summed E-state index contributed by atoms with van der Waals surface area (Å²) in [7, 11) is -1.34. The number of anilines is 1. The van der Waals surface area contributed by atoms with Crippen molar-refractivity contribution in [3.8, 4) is 17.2 Å². The molecule has 1 atom stereocenters. The Kier molecular flexibility index (Phi) is 11.4. The predicted octanol–water partition coefficient (Wildman–Crippen LogP) is 3.34. The highest BCUT2D eigenvalue weighted by molar-refractivity contribution is 7.92. The van der Waals surface area contributed by atoms with Gasteiger partial charge in [0.15, 0.2) is 18.1 Å². The number of rotatable bonds is 14. The molecule has 1 heterocycles. The van der Waals surface area contributed by atoms with Crippen LogP contribution in [0.3, 0.4) is 0 Å². The summed E-state index contributed by atoms with van der Waals surface area (Å²) in [5.41, 5.74) is 5.05. The lowest BCUT2D eigenvalue weighted by Crippen LogP contribution is -2.39. The third-order valence-electron chi connectivity index (χ3n) is 6.93. The summed E-state index contributed by atoms with van der Waals surface area (Å²) in [6, 6.07) is 16.3. The fraction of sp³-hybridized carbons (Fsp3) is 0.344. The molecule has 4 rings (SSSR count). The van der Waals surface area contributed by atoms with Gasteiger partial charge in [0.2, 0.25) is 0 Å². The number of amides is 2. The highest BCUT2D eigenvalue weighted by Crippen LogP contribution is 2.32. The van der Waals surface area contributed by atoms with Gasteiger partial charge in [0.05, 0.1) is 37.1 Å². The molecular weight excluding hydrogens is 600 g/mol. The Morgan fingerprint density at radius 3 is 2.33 bits per heavy atom. The molecule has 240 valence electrons. The molecule has 12 nitrogen and oxygen atoms in total. The first-order valence-electron chi connectivity index (χ1n) is 14.3. The molecule has 2 N–H and O–H groups in total. The molecule has 45 heavy (non-hydrogen) atoms. The maximum atomic E-state index is 13.8. The molecule has 0 radical (unpaired) electrons. The van der Waals surface area contributed by atoms with Gasteiger partial charge in [-0.3, -0.25) is 13.9 Å². The molecule has 1 aliphatic rings. The maximum absolute atomic E-state index is 13.8. The van der Waals surface area contributed by atoms with Crippen LogP contribution >= 0.6 is 0 Å². The lowest BCUT2D eigenvalue weighted by atomic mass is 10.1. The van der Waals surface area contributed by atoms with Crippen molar-refractivity contribution in [2.75, 3.05) is 44.8 Å². The van der Waals surface area contributed by atoms with Crippen LogP contribution in [0.4, 0.5) is 5.69 Å². The van der Waals surface area contributed by atoms with Gasteiger partial charge in [0, 0.05) is 19.2 Å². The molecule has 0 aliphatic carbocycles. The number of nitrogens with zero attached hydrogens (tertiary/aromatic N) is 2. The van der Waals surface area contributed by atoms with Crippen LogP contribution in [-0.4, -0.2) is 73.1 Å².